The van der Waals surface area contributed by atoms with Gasteiger partial charge in [0, 0.05) is 25.4 Å². The van der Waals surface area contributed by atoms with Crippen LogP contribution in [-0.2, 0) is 9.53 Å². The monoisotopic (exact) mass is 200 g/mol. The molecule has 0 bridgehead atoms. The maximum Gasteiger partial charge on any atom is 0.329 e. The molecule has 1 aliphatic heterocycles. The molecule has 0 unspecified atom stereocenters. The molecule has 1 rings (SSSR count). The largest absolute Gasteiger partial charge is 0.478 e. The zero-order valence-electron chi connectivity index (χ0n) is 7.60. The maximum atomic E-state index is 11.3. The van der Waals surface area contributed by atoms with Gasteiger partial charge >= 0.3 is 12.0 Å². The van der Waals surface area contributed by atoms with Crippen LogP contribution in [0.15, 0.2) is 12.3 Å². The number of carboxylic acids is 1. The molecule has 1 aliphatic rings. The Morgan fingerprint density at radius 3 is 2.57 bits per heavy atom. The van der Waals surface area contributed by atoms with Crippen LogP contribution >= 0.6 is 0 Å². The highest BCUT2D eigenvalue weighted by Gasteiger charge is 2.14. The van der Waals surface area contributed by atoms with E-state index in [0.717, 1.165) is 12.3 Å². The second kappa shape index (κ2) is 5.23. The number of urea groups is 1. The van der Waals surface area contributed by atoms with Crippen LogP contribution < -0.4 is 5.32 Å². The van der Waals surface area contributed by atoms with Crippen LogP contribution in [0.4, 0.5) is 4.79 Å². The molecule has 0 radical (unpaired) electrons. The van der Waals surface area contributed by atoms with E-state index in [9.17, 15) is 9.59 Å². The summed E-state index contributed by atoms with van der Waals surface area (Å²) in [5.41, 5.74) is 0. The van der Waals surface area contributed by atoms with Gasteiger partial charge in [0.15, 0.2) is 0 Å². The number of aliphatic carboxylic acids is 1. The molecule has 6 nitrogen and oxygen atoms in total. The van der Waals surface area contributed by atoms with Crippen LogP contribution in [0.5, 0.6) is 0 Å². The minimum atomic E-state index is -1.09. The summed E-state index contributed by atoms with van der Waals surface area (Å²) in [4.78, 5) is 22.9. The summed E-state index contributed by atoms with van der Waals surface area (Å²) in [6, 6.07) is -0.300. The number of ether oxygens (including phenoxy) is 1. The van der Waals surface area contributed by atoms with Gasteiger partial charge in [0.05, 0.1) is 13.2 Å². The van der Waals surface area contributed by atoms with Gasteiger partial charge in [-0.25, -0.2) is 9.59 Å². The first-order chi connectivity index (χ1) is 6.70. The molecule has 0 aromatic carbocycles. The summed E-state index contributed by atoms with van der Waals surface area (Å²) in [6.07, 6.45) is 1.98. The van der Waals surface area contributed by atoms with Crippen molar-refractivity contribution >= 4 is 12.0 Å². The van der Waals surface area contributed by atoms with Crippen molar-refractivity contribution in [1.82, 2.24) is 10.2 Å². The third-order valence-corrected chi connectivity index (χ3v) is 1.73. The van der Waals surface area contributed by atoms with Crippen LogP contribution in [0, 0.1) is 0 Å². The number of carbonyl (C=O) groups excluding carboxylic acids is 1. The van der Waals surface area contributed by atoms with E-state index in [1.807, 2.05) is 0 Å². The zero-order valence-corrected chi connectivity index (χ0v) is 7.60. The van der Waals surface area contributed by atoms with Crippen LogP contribution in [-0.4, -0.2) is 48.3 Å². The Hall–Kier alpha value is -1.56. The summed E-state index contributed by atoms with van der Waals surface area (Å²) in [5.74, 6) is -1.09. The second-order valence-corrected chi connectivity index (χ2v) is 2.72. The Kier molecular flexibility index (Phi) is 3.93. The standard InChI is InChI=1S/C8H12N2O4/c11-7(12)1-2-9-8(13)10-3-5-14-6-4-10/h1-2H,3-6H2,(H,9,13)(H,11,12)/b2-1+. The van der Waals surface area contributed by atoms with Gasteiger partial charge in [-0.05, 0) is 0 Å². The number of carbonyl (C=O) groups is 2. The van der Waals surface area contributed by atoms with Crippen molar-refractivity contribution in [3.8, 4) is 0 Å². The molecule has 1 saturated heterocycles. The minimum Gasteiger partial charge on any atom is -0.478 e. The van der Waals surface area contributed by atoms with E-state index in [-0.39, 0.29) is 6.03 Å². The fourth-order valence-electron chi connectivity index (χ4n) is 1.04. The van der Waals surface area contributed by atoms with Gasteiger partial charge in [-0.3, -0.25) is 0 Å². The second-order valence-electron chi connectivity index (χ2n) is 2.72. The minimum absolute atomic E-state index is 0.300. The van der Waals surface area contributed by atoms with Crippen molar-refractivity contribution in [3.05, 3.63) is 12.3 Å². The van der Waals surface area contributed by atoms with Crippen LogP contribution in [0.1, 0.15) is 0 Å². The van der Waals surface area contributed by atoms with Crippen molar-refractivity contribution < 1.29 is 19.4 Å². The molecule has 0 atom stereocenters. The molecule has 1 heterocycles. The summed E-state index contributed by atoms with van der Waals surface area (Å²) in [7, 11) is 0. The van der Waals surface area contributed by atoms with Gasteiger partial charge in [-0.1, -0.05) is 0 Å². The van der Waals surface area contributed by atoms with E-state index >= 15 is 0 Å². The fraction of sp³-hybridized carbons (Fsp3) is 0.500. The predicted octanol–water partition coefficient (Wildman–Crippen LogP) is -0.373. The lowest BCUT2D eigenvalue weighted by Gasteiger charge is -2.26. The first-order valence-corrected chi connectivity index (χ1v) is 4.23. The van der Waals surface area contributed by atoms with Gasteiger partial charge in [-0.15, -0.1) is 0 Å². The number of rotatable bonds is 2. The Labute approximate surface area is 81.1 Å². The van der Waals surface area contributed by atoms with Gasteiger partial charge in [-0.2, -0.15) is 0 Å². The molecule has 0 aromatic rings. The summed E-state index contributed by atoms with van der Waals surface area (Å²) >= 11 is 0. The number of carboxylic acid groups (broad SMARTS) is 1. The fourth-order valence-corrected chi connectivity index (χ4v) is 1.04. The van der Waals surface area contributed by atoms with Gasteiger partial charge in [0.2, 0.25) is 0 Å². The summed E-state index contributed by atoms with van der Waals surface area (Å²) < 4.78 is 5.06. The molecule has 0 saturated carbocycles. The Morgan fingerprint density at radius 1 is 1.36 bits per heavy atom. The van der Waals surface area contributed by atoms with Crippen molar-refractivity contribution in [2.24, 2.45) is 0 Å². The van der Waals surface area contributed by atoms with Crippen molar-refractivity contribution in [2.45, 2.75) is 0 Å². The molecule has 0 spiro atoms. The smallest absolute Gasteiger partial charge is 0.329 e. The molecule has 14 heavy (non-hydrogen) atoms. The molecule has 2 N–H and O–H groups in total. The Balaban J connectivity index is 2.30. The number of nitrogens with one attached hydrogen (secondary N) is 1. The third-order valence-electron chi connectivity index (χ3n) is 1.73. The summed E-state index contributed by atoms with van der Waals surface area (Å²) in [6.45, 7) is 2.12. The maximum absolute atomic E-state index is 11.3. The zero-order chi connectivity index (χ0) is 10.4. The number of hydrogen-bond acceptors (Lipinski definition) is 3. The molecule has 0 aliphatic carbocycles. The highest BCUT2D eigenvalue weighted by molar-refractivity contribution is 5.81. The quantitative estimate of drug-likeness (QED) is 0.596. The van der Waals surface area contributed by atoms with Crippen LogP contribution in [0.3, 0.4) is 0 Å². The number of morpholine rings is 1. The van der Waals surface area contributed by atoms with Crippen LogP contribution in [0.2, 0.25) is 0 Å². The van der Waals surface area contributed by atoms with E-state index in [4.69, 9.17) is 9.84 Å². The molecule has 78 valence electrons. The van der Waals surface area contributed by atoms with E-state index in [2.05, 4.69) is 5.32 Å². The third kappa shape index (κ3) is 3.44. The van der Waals surface area contributed by atoms with Crippen molar-refractivity contribution in [2.75, 3.05) is 26.3 Å². The lowest BCUT2D eigenvalue weighted by molar-refractivity contribution is -0.131. The summed E-state index contributed by atoms with van der Waals surface area (Å²) in [5, 5.41) is 10.6. The highest BCUT2D eigenvalue weighted by Crippen LogP contribution is 1.96. The average molecular weight is 200 g/mol. The molecule has 0 aromatic heterocycles. The normalized spacial score (nSPS) is 17.0. The number of nitrogens with zero attached hydrogens (tertiary/aromatic N) is 1. The highest BCUT2D eigenvalue weighted by atomic mass is 16.5. The molecular weight excluding hydrogens is 188 g/mol. The Morgan fingerprint density at radius 2 is 2.00 bits per heavy atom. The van der Waals surface area contributed by atoms with Gasteiger partial charge < -0.3 is 20.1 Å². The molecule has 6 heteroatoms. The molecular formula is C8H12N2O4. The Bertz CT molecular complexity index is 246. The first kappa shape index (κ1) is 10.5. The first-order valence-electron chi connectivity index (χ1n) is 4.23. The number of amides is 2. The van der Waals surface area contributed by atoms with Gasteiger partial charge in [0.1, 0.15) is 0 Å². The SMILES string of the molecule is O=C(O)/C=C/NC(=O)N1CCOCC1. The van der Waals surface area contributed by atoms with E-state index in [1.54, 1.807) is 4.90 Å². The predicted molar refractivity (Wildman–Crippen MR) is 47.7 cm³/mol. The van der Waals surface area contributed by atoms with Crippen molar-refractivity contribution in [1.29, 1.82) is 0 Å². The van der Waals surface area contributed by atoms with Crippen molar-refractivity contribution in [3.63, 3.8) is 0 Å². The van der Waals surface area contributed by atoms with Gasteiger partial charge in [0.25, 0.3) is 0 Å². The van der Waals surface area contributed by atoms with Crippen LogP contribution in [0.25, 0.3) is 0 Å². The molecule has 1 fully saturated rings. The average Bonchev–Trinajstić information content (AvgIpc) is 2.18. The lowest BCUT2D eigenvalue weighted by atomic mass is 10.4. The lowest BCUT2D eigenvalue weighted by Crippen LogP contribution is -2.44. The number of hydrogen-bond donors (Lipinski definition) is 2. The molecule has 2 amide bonds. The topological polar surface area (TPSA) is 78.9 Å². The van der Waals surface area contributed by atoms with E-state index in [1.165, 1.54) is 0 Å². The van der Waals surface area contributed by atoms with E-state index < -0.39 is 5.97 Å². The van der Waals surface area contributed by atoms with E-state index in [0.29, 0.717) is 26.3 Å².